The summed E-state index contributed by atoms with van der Waals surface area (Å²) in [6.07, 6.45) is 5.20. The highest BCUT2D eigenvalue weighted by Gasteiger charge is 2.34. The highest BCUT2D eigenvalue weighted by atomic mass is 32.2. The maximum absolute atomic E-state index is 12.2. The summed E-state index contributed by atoms with van der Waals surface area (Å²) in [5, 5.41) is 3.57. The smallest absolute Gasteiger partial charge is 0.261 e. The van der Waals surface area contributed by atoms with Crippen LogP contribution in [0.2, 0.25) is 0 Å². The number of thioether (sulfide) groups is 2. The average molecular weight is 374 g/mol. The normalized spacial score (nSPS) is 19.2. The number of amidine groups is 1. The van der Waals surface area contributed by atoms with Crippen molar-refractivity contribution < 1.29 is 9.59 Å². The van der Waals surface area contributed by atoms with Crippen molar-refractivity contribution in [3.05, 3.63) is 35.5 Å². The van der Waals surface area contributed by atoms with Crippen LogP contribution in [0.1, 0.15) is 13.8 Å². The minimum absolute atomic E-state index is 0.120. The minimum atomic E-state index is -0.315. The molecule has 130 valence electrons. The molecular weight excluding hydrogens is 356 g/mol. The van der Waals surface area contributed by atoms with E-state index in [-0.39, 0.29) is 23.5 Å². The Bertz CT molecular complexity index is 772. The molecule has 1 aromatic heterocycles. The van der Waals surface area contributed by atoms with E-state index in [2.05, 4.69) is 34.1 Å². The summed E-state index contributed by atoms with van der Waals surface area (Å²) in [7, 11) is 0. The molecule has 6 nitrogen and oxygen atoms in total. The van der Waals surface area contributed by atoms with E-state index in [1.165, 1.54) is 11.8 Å². The lowest BCUT2D eigenvalue weighted by Crippen LogP contribution is -2.24. The molecular formula is C17H18N4O2S2. The SMILES string of the molecule is CC(C)C1=CC2C(=O)N=C(CSCC(=O)Nc3cccnc3)N=C2S1. The van der Waals surface area contributed by atoms with Gasteiger partial charge in [-0.05, 0) is 23.0 Å². The topological polar surface area (TPSA) is 83.8 Å². The van der Waals surface area contributed by atoms with Gasteiger partial charge in [0.1, 0.15) is 11.8 Å². The molecule has 0 radical (unpaired) electrons. The van der Waals surface area contributed by atoms with Crippen molar-refractivity contribution in [3.8, 4) is 0 Å². The standard InChI is InChI=1S/C17H18N4O2S2/c1-10(2)13-6-12-16(23)20-14(21-17(12)25-13)8-24-9-15(22)19-11-4-3-5-18-7-11/h3-7,10,12H,8-9H2,1-2H3,(H,19,22). The predicted molar refractivity (Wildman–Crippen MR) is 104 cm³/mol. The number of fused-ring (bicyclic) bond motifs is 1. The summed E-state index contributed by atoms with van der Waals surface area (Å²) < 4.78 is 0. The van der Waals surface area contributed by atoms with Crippen molar-refractivity contribution in [1.82, 2.24) is 4.98 Å². The molecule has 2 aliphatic heterocycles. The number of nitrogens with one attached hydrogen (secondary N) is 1. The maximum Gasteiger partial charge on any atom is 0.261 e. The van der Waals surface area contributed by atoms with Gasteiger partial charge in [-0.3, -0.25) is 14.6 Å². The first-order valence-electron chi connectivity index (χ1n) is 7.90. The van der Waals surface area contributed by atoms with E-state index in [1.54, 1.807) is 36.3 Å². The van der Waals surface area contributed by atoms with E-state index in [0.717, 1.165) is 9.95 Å². The average Bonchev–Trinajstić information content (AvgIpc) is 3.01. The van der Waals surface area contributed by atoms with E-state index >= 15 is 0 Å². The monoisotopic (exact) mass is 374 g/mol. The Morgan fingerprint density at radius 3 is 2.96 bits per heavy atom. The lowest BCUT2D eigenvalue weighted by molar-refractivity contribution is -0.118. The van der Waals surface area contributed by atoms with Crippen LogP contribution in [0.4, 0.5) is 5.69 Å². The number of aliphatic imine (C=N–C) groups is 2. The Balaban J connectivity index is 1.50. The largest absolute Gasteiger partial charge is 0.324 e. The molecule has 1 unspecified atom stereocenters. The van der Waals surface area contributed by atoms with Crippen LogP contribution in [0.25, 0.3) is 0 Å². The third-order valence-corrected chi connectivity index (χ3v) is 5.87. The van der Waals surface area contributed by atoms with Crippen LogP contribution in [0.15, 0.2) is 45.5 Å². The number of pyridine rings is 1. The number of hydrogen-bond donors (Lipinski definition) is 1. The number of rotatable bonds is 6. The molecule has 25 heavy (non-hydrogen) atoms. The van der Waals surface area contributed by atoms with Gasteiger partial charge in [0.25, 0.3) is 5.91 Å². The van der Waals surface area contributed by atoms with Gasteiger partial charge in [0, 0.05) is 6.20 Å². The van der Waals surface area contributed by atoms with Crippen LogP contribution >= 0.6 is 23.5 Å². The molecule has 2 aliphatic rings. The molecule has 0 saturated carbocycles. The number of aromatic nitrogens is 1. The molecule has 1 atom stereocenters. The van der Waals surface area contributed by atoms with Gasteiger partial charge in [0.15, 0.2) is 0 Å². The van der Waals surface area contributed by atoms with Crippen molar-refractivity contribution in [2.24, 2.45) is 21.8 Å². The Morgan fingerprint density at radius 2 is 2.24 bits per heavy atom. The van der Waals surface area contributed by atoms with Gasteiger partial charge in [0.2, 0.25) is 5.91 Å². The van der Waals surface area contributed by atoms with Crippen LogP contribution < -0.4 is 5.32 Å². The van der Waals surface area contributed by atoms with Gasteiger partial charge in [-0.2, -0.15) is 4.99 Å². The summed E-state index contributed by atoms with van der Waals surface area (Å²) in [5.74, 6) is 0.958. The molecule has 3 heterocycles. The molecule has 0 fully saturated rings. The molecule has 0 aromatic carbocycles. The quantitative estimate of drug-likeness (QED) is 0.827. The number of carbonyl (C=O) groups excluding carboxylic acids is 2. The van der Waals surface area contributed by atoms with Crippen LogP contribution in [0.3, 0.4) is 0 Å². The second kappa shape index (κ2) is 7.97. The number of nitrogens with zero attached hydrogens (tertiary/aromatic N) is 3. The Kier molecular flexibility index (Phi) is 5.70. The summed E-state index contributed by atoms with van der Waals surface area (Å²) >= 11 is 2.95. The Labute approximate surface area is 154 Å². The fourth-order valence-corrected chi connectivity index (χ4v) is 4.12. The zero-order valence-electron chi connectivity index (χ0n) is 13.9. The third kappa shape index (κ3) is 4.58. The van der Waals surface area contributed by atoms with Gasteiger partial charge >= 0.3 is 0 Å². The molecule has 1 aromatic rings. The maximum atomic E-state index is 12.2. The van der Waals surface area contributed by atoms with Gasteiger partial charge < -0.3 is 5.32 Å². The molecule has 0 bridgehead atoms. The molecule has 1 N–H and O–H groups in total. The molecule has 8 heteroatoms. The van der Waals surface area contributed by atoms with Crippen LogP contribution in [0.5, 0.6) is 0 Å². The van der Waals surface area contributed by atoms with Gasteiger partial charge in [0.05, 0.1) is 28.4 Å². The first-order valence-corrected chi connectivity index (χ1v) is 9.87. The second-order valence-corrected chi connectivity index (χ2v) is 7.98. The van der Waals surface area contributed by atoms with E-state index in [1.807, 2.05) is 6.08 Å². The van der Waals surface area contributed by atoms with Gasteiger partial charge in [-0.15, -0.1) is 11.8 Å². The fraction of sp³-hybridized carbons (Fsp3) is 0.353. The van der Waals surface area contributed by atoms with Gasteiger partial charge in [-0.25, -0.2) is 4.99 Å². The number of anilines is 1. The lowest BCUT2D eigenvalue weighted by atomic mass is 10.1. The molecule has 0 aliphatic carbocycles. The highest BCUT2D eigenvalue weighted by Crippen LogP contribution is 2.38. The number of carbonyl (C=O) groups is 2. The summed E-state index contributed by atoms with van der Waals surface area (Å²) in [6, 6.07) is 3.54. The van der Waals surface area contributed by atoms with E-state index < -0.39 is 0 Å². The van der Waals surface area contributed by atoms with Crippen molar-refractivity contribution in [2.75, 3.05) is 16.8 Å². The second-order valence-electron chi connectivity index (χ2n) is 5.90. The summed E-state index contributed by atoms with van der Waals surface area (Å²) in [6.45, 7) is 4.19. The fourth-order valence-electron chi connectivity index (χ4n) is 2.32. The molecule has 2 amide bonds. The molecule has 0 spiro atoms. The highest BCUT2D eigenvalue weighted by molar-refractivity contribution is 8.17. The van der Waals surface area contributed by atoms with Crippen LogP contribution in [-0.4, -0.2) is 39.2 Å². The summed E-state index contributed by atoms with van der Waals surface area (Å²) in [5.41, 5.74) is 0.663. The van der Waals surface area contributed by atoms with E-state index in [0.29, 0.717) is 23.2 Å². The van der Waals surface area contributed by atoms with Crippen LogP contribution in [0, 0.1) is 11.8 Å². The van der Waals surface area contributed by atoms with Crippen molar-refractivity contribution in [2.45, 2.75) is 13.8 Å². The number of amides is 2. The van der Waals surface area contributed by atoms with Gasteiger partial charge in [-0.1, -0.05) is 31.7 Å². The zero-order valence-corrected chi connectivity index (χ0v) is 15.6. The number of allylic oxidation sites excluding steroid dienone is 1. The third-order valence-electron chi connectivity index (χ3n) is 3.54. The van der Waals surface area contributed by atoms with E-state index in [9.17, 15) is 9.59 Å². The van der Waals surface area contributed by atoms with Crippen molar-refractivity contribution in [3.63, 3.8) is 0 Å². The molecule has 3 rings (SSSR count). The first kappa shape index (κ1) is 17.9. The summed E-state index contributed by atoms with van der Waals surface area (Å²) in [4.78, 5) is 37.8. The molecule has 0 saturated heterocycles. The minimum Gasteiger partial charge on any atom is -0.324 e. The Morgan fingerprint density at radius 1 is 1.40 bits per heavy atom. The number of hydrogen-bond acceptors (Lipinski definition) is 6. The first-order chi connectivity index (χ1) is 12.0. The lowest BCUT2D eigenvalue weighted by Gasteiger charge is -2.12. The van der Waals surface area contributed by atoms with E-state index in [4.69, 9.17) is 0 Å². The van der Waals surface area contributed by atoms with Crippen LogP contribution in [-0.2, 0) is 9.59 Å². The zero-order chi connectivity index (χ0) is 17.8. The predicted octanol–water partition coefficient (Wildman–Crippen LogP) is 2.99. The van der Waals surface area contributed by atoms with Crippen molar-refractivity contribution >= 4 is 51.9 Å². The Hall–Kier alpha value is -1.93. The van der Waals surface area contributed by atoms with Crippen molar-refractivity contribution in [1.29, 1.82) is 0 Å².